The zero-order chi connectivity index (χ0) is 19.3. The number of amides is 1. The fourth-order valence-electron chi connectivity index (χ4n) is 3.52. The monoisotopic (exact) mass is 505 g/mol. The van der Waals surface area contributed by atoms with Gasteiger partial charge in [0.05, 0.1) is 6.10 Å². The van der Waals surface area contributed by atoms with Crippen molar-refractivity contribution in [1.82, 2.24) is 0 Å². The Kier molecular flexibility index (Phi) is 11.4. The number of anilines is 1. The second-order valence-corrected chi connectivity index (χ2v) is 8.19. The number of benzene rings is 1. The predicted octanol–water partition coefficient (Wildman–Crippen LogP) is 5.51. The molecule has 1 fully saturated rings. The number of alkyl halides is 1. The van der Waals surface area contributed by atoms with Crippen LogP contribution in [0.4, 0.5) is 5.69 Å². The van der Waals surface area contributed by atoms with Crippen LogP contribution < -0.4 is 4.90 Å². The first-order chi connectivity index (χ1) is 12.3. The van der Waals surface area contributed by atoms with Gasteiger partial charge in [0.2, 0.25) is 5.91 Å². The maximum Gasteiger partial charge on any atom is 0.223 e. The second kappa shape index (κ2) is 12.1. The Hall–Kier alpha value is 0.364. The van der Waals surface area contributed by atoms with Crippen molar-refractivity contribution in [2.45, 2.75) is 44.1 Å². The Labute approximate surface area is 202 Å². The summed E-state index contributed by atoms with van der Waals surface area (Å²) in [5, 5.41) is 11.3. The van der Waals surface area contributed by atoms with E-state index >= 15 is 0 Å². The van der Waals surface area contributed by atoms with E-state index in [1.165, 1.54) is 6.92 Å². The molecule has 1 aromatic rings. The van der Waals surface area contributed by atoms with Gasteiger partial charge in [0.15, 0.2) is 0 Å². The van der Waals surface area contributed by atoms with E-state index in [0.717, 1.165) is 19.3 Å². The fourth-order valence-corrected chi connectivity index (χ4v) is 4.51. The molecule has 1 aliphatic rings. The van der Waals surface area contributed by atoms with Crippen LogP contribution in [0.3, 0.4) is 0 Å². The Morgan fingerprint density at radius 1 is 1.26 bits per heavy atom. The SMILES string of the molecule is [CH2-]CC/C=C\C[C@@H]1[C@@H](CN(C(C)=O)c2cc(Cl)cc(Cl)c2)[C@H](O)C[C@H]1Cl.[Y]. The number of carbonyl (C=O) groups is 1. The van der Waals surface area contributed by atoms with Gasteiger partial charge in [0, 0.05) is 73.2 Å². The summed E-state index contributed by atoms with van der Waals surface area (Å²) in [5.74, 6) is -0.132. The maximum atomic E-state index is 12.3. The maximum absolute atomic E-state index is 12.3. The minimum Gasteiger partial charge on any atom is -0.393 e. The third-order valence-electron chi connectivity index (χ3n) is 4.85. The first kappa shape index (κ1) is 25.4. The molecule has 0 heterocycles. The van der Waals surface area contributed by atoms with Crippen LogP contribution in [0.15, 0.2) is 30.4 Å². The molecule has 0 bridgehead atoms. The number of aliphatic hydroxyl groups is 1. The zero-order valence-corrected chi connectivity index (χ0v) is 20.6. The average Bonchev–Trinajstić information content (AvgIpc) is 2.81. The number of unbranched alkanes of at least 4 members (excludes halogenated alkanes) is 1. The number of aliphatic hydroxyl groups excluding tert-OH is 1. The number of allylic oxidation sites excluding steroid dienone is 2. The Bertz CT molecular complexity index is 636. The largest absolute Gasteiger partial charge is 0.393 e. The van der Waals surface area contributed by atoms with E-state index in [0.29, 0.717) is 28.7 Å². The Morgan fingerprint density at radius 3 is 2.44 bits per heavy atom. The summed E-state index contributed by atoms with van der Waals surface area (Å²) in [5.41, 5.74) is 0.631. The average molecular weight is 507 g/mol. The number of rotatable bonds is 7. The number of hydrogen-bond donors (Lipinski definition) is 1. The van der Waals surface area contributed by atoms with Gasteiger partial charge in [-0.2, -0.15) is 6.42 Å². The summed E-state index contributed by atoms with van der Waals surface area (Å²) < 4.78 is 0. The molecule has 1 amide bonds. The normalized spacial score (nSPS) is 24.8. The van der Waals surface area contributed by atoms with Crippen LogP contribution in [-0.2, 0) is 37.5 Å². The van der Waals surface area contributed by atoms with Crippen molar-refractivity contribution in [3.8, 4) is 0 Å². The van der Waals surface area contributed by atoms with Crippen LogP contribution in [0, 0.1) is 18.8 Å². The van der Waals surface area contributed by atoms with Crippen molar-refractivity contribution in [2.75, 3.05) is 11.4 Å². The summed E-state index contributed by atoms with van der Waals surface area (Å²) in [6.07, 6.45) is 6.74. The van der Waals surface area contributed by atoms with Gasteiger partial charge in [-0.15, -0.1) is 11.6 Å². The van der Waals surface area contributed by atoms with Crippen molar-refractivity contribution in [1.29, 1.82) is 0 Å². The van der Waals surface area contributed by atoms with Crippen molar-refractivity contribution in [3.05, 3.63) is 47.3 Å². The quantitative estimate of drug-likeness (QED) is 0.301. The molecule has 0 unspecified atom stereocenters. The molecule has 3 nitrogen and oxygen atoms in total. The van der Waals surface area contributed by atoms with Crippen LogP contribution in [0.25, 0.3) is 0 Å². The van der Waals surface area contributed by atoms with Crippen molar-refractivity contribution in [3.63, 3.8) is 0 Å². The van der Waals surface area contributed by atoms with Crippen LogP contribution in [0.2, 0.25) is 10.0 Å². The van der Waals surface area contributed by atoms with Crippen LogP contribution >= 0.6 is 34.8 Å². The summed E-state index contributed by atoms with van der Waals surface area (Å²) in [7, 11) is 0. The van der Waals surface area contributed by atoms with Crippen molar-refractivity contribution >= 4 is 46.4 Å². The molecule has 1 aromatic carbocycles. The van der Waals surface area contributed by atoms with E-state index in [9.17, 15) is 9.90 Å². The topological polar surface area (TPSA) is 40.5 Å². The molecule has 1 radical (unpaired) electrons. The minimum atomic E-state index is -0.541. The predicted molar refractivity (Wildman–Crippen MR) is 110 cm³/mol. The number of nitrogens with zero attached hydrogens (tertiary/aromatic N) is 1. The van der Waals surface area contributed by atoms with Gasteiger partial charge in [-0.1, -0.05) is 41.8 Å². The van der Waals surface area contributed by atoms with Gasteiger partial charge in [0.25, 0.3) is 0 Å². The first-order valence-corrected chi connectivity index (χ1v) is 10.0. The molecule has 4 atom stereocenters. The third kappa shape index (κ3) is 7.28. The van der Waals surface area contributed by atoms with E-state index < -0.39 is 6.10 Å². The molecule has 1 N–H and O–H groups in total. The minimum absolute atomic E-state index is 0. The van der Waals surface area contributed by atoms with Crippen molar-refractivity contribution < 1.29 is 42.6 Å². The van der Waals surface area contributed by atoms with Gasteiger partial charge >= 0.3 is 0 Å². The van der Waals surface area contributed by atoms with E-state index in [4.69, 9.17) is 34.8 Å². The van der Waals surface area contributed by atoms with E-state index in [1.807, 2.05) is 0 Å². The molecule has 7 heteroatoms. The number of hydrogen-bond acceptors (Lipinski definition) is 2. The molecule has 2 rings (SSSR count). The molecule has 0 aromatic heterocycles. The third-order valence-corrected chi connectivity index (χ3v) is 5.79. The van der Waals surface area contributed by atoms with Gasteiger partial charge in [-0.05, 0) is 37.0 Å². The fraction of sp³-hybridized carbons (Fsp3) is 0.500. The molecule has 147 valence electrons. The van der Waals surface area contributed by atoms with Crippen LogP contribution in [-0.4, -0.2) is 29.0 Å². The van der Waals surface area contributed by atoms with E-state index in [-0.39, 0.29) is 55.8 Å². The van der Waals surface area contributed by atoms with Gasteiger partial charge in [-0.3, -0.25) is 4.79 Å². The molecule has 0 spiro atoms. The van der Waals surface area contributed by atoms with E-state index in [1.54, 1.807) is 23.1 Å². The van der Waals surface area contributed by atoms with Crippen LogP contribution in [0.1, 0.15) is 32.6 Å². The summed E-state index contributed by atoms with van der Waals surface area (Å²) in [6, 6.07) is 5.04. The van der Waals surface area contributed by atoms with Crippen molar-refractivity contribution in [2.24, 2.45) is 11.8 Å². The van der Waals surface area contributed by atoms with Gasteiger partial charge in [0.1, 0.15) is 0 Å². The summed E-state index contributed by atoms with van der Waals surface area (Å²) >= 11 is 18.7. The Morgan fingerprint density at radius 2 is 1.89 bits per heavy atom. The second-order valence-electron chi connectivity index (χ2n) is 6.75. The van der Waals surface area contributed by atoms with E-state index in [2.05, 4.69) is 19.1 Å². The molecule has 0 saturated heterocycles. The zero-order valence-electron chi connectivity index (χ0n) is 15.5. The van der Waals surface area contributed by atoms with Gasteiger partial charge in [-0.25, -0.2) is 0 Å². The van der Waals surface area contributed by atoms with Gasteiger partial charge < -0.3 is 16.9 Å². The first-order valence-electron chi connectivity index (χ1n) is 8.84. The molecule has 0 aliphatic heterocycles. The summed E-state index contributed by atoms with van der Waals surface area (Å²) in [4.78, 5) is 13.9. The number of carbonyl (C=O) groups excluding carboxylic acids is 1. The molecular formula is C20H25Cl3NO2Y-. The standard InChI is InChI=1S/C20H25Cl3NO2.Y/c1-3-4-5-6-7-17-18(20(26)11-19(17)23)12-24(13(2)25)16-9-14(21)8-15(22)10-16;/h5-6,8-10,17-20,26H,1,3-4,7,11-12H2,2H3;/q-1;/b6-5-;/t17-,18-,19-,20-;/m1./s1. The summed E-state index contributed by atoms with van der Waals surface area (Å²) in [6.45, 7) is 5.70. The van der Waals surface area contributed by atoms with Crippen LogP contribution in [0.5, 0.6) is 0 Å². The molecule has 1 aliphatic carbocycles. The number of halogens is 3. The smallest absolute Gasteiger partial charge is 0.223 e. The molecular weight excluding hydrogens is 481 g/mol. The molecule has 27 heavy (non-hydrogen) atoms. The molecule has 1 saturated carbocycles. The Balaban J connectivity index is 0.00000364.